The molecule has 0 N–H and O–H groups in total. The second-order valence-corrected chi connectivity index (χ2v) is 4.89. The lowest BCUT2D eigenvalue weighted by molar-refractivity contribution is -0.142. The number of piperidine rings is 1. The average Bonchev–Trinajstić information content (AvgIpc) is 2.01. The summed E-state index contributed by atoms with van der Waals surface area (Å²) >= 11 is 0. The fourth-order valence-corrected chi connectivity index (χ4v) is 2.25. The maximum absolute atomic E-state index is 11.7. The van der Waals surface area contributed by atoms with Gasteiger partial charge in [0.1, 0.15) is 0 Å². The van der Waals surface area contributed by atoms with Gasteiger partial charge in [-0.1, -0.05) is 6.92 Å². The zero-order chi connectivity index (χ0) is 10.1. The molecule has 1 heterocycles. The van der Waals surface area contributed by atoms with Crippen LogP contribution in [0.5, 0.6) is 0 Å². The molecule has 0 aromatic carbocycles. The molecule has 0 aliphatic carbocycles. The quantitative estimate of drug-likeness (QED) is 0.612. The number of carbonyl (C=O) groups is 1. The van der Waals surface area contributed by atoms with E-state index in [2.05, 4.69) is 32.6 Å². The minimum Gasteiger partial charge on any atom is -0.335 e. The summed E-state index contributed by atoms with van der Waals surface area (Å²) in [6, 6.07) is 0.473. The van der Waals surface area contributed by atoms with Crippen LogP contribution in [0.15, 0.2) is 0 Å². The number of amides is 1. The second kappa shape index (κ2) is 3.69. The fourth-order valence-electron chi connectivity index (χ4n) is 2.25. The highest BCUT2D eigenvalue weighted by molar-refractivity contribution is 5.78. The van der Waals surface area contributed by atoms with Gasteiger partial charge in [-0.25, -0.2) is 0 Å². The molecule has 1 saturated heterocycles. The molecule has 0 saturated carbocycles. The minimum atomic E-state index is -0.00181. The Kier molecular flexibility index (Phi) is 2.99. The predicted molar refractivity (Wildman–Crippen MR) is 54.5 cm³/mol. The predicted octanol–water partition coefficient (Wildman–Crippen LogP) is 2.58. The molecule has 1 aliphatic rings. The Morgan fingerprint density at radius 1 is 1.46 bits per heavy atom. The first-order chi connectivity index (χ1) is 5.96. The van der Waals surface area contributed by atoms with Crippen molar-refractivity contribution in [2.75, 3.05) is 0 Å². The molecular formula is C11H21NO. The molecule has 13 heavy (non-hydrogen) atoms. The molecule has 0 aromatic rings. The van der Waals surface area contributed by atoms with Gasteiger partial charge in [-0.15, -0.1) is 0 Å². The molecule has 0 radical (unpaired) electrons. The number of hydrogen-bond acceptors (Lipinski definition) is 1. The summed E-state index contributed by atoms with van der Waals surface area (Å²) in [6.07, 6.45) is 4.08. The van der Waals surface area contributed by atoms with Crippen LogP contribution in [-0.2, 0) is 4.79 Å². The van der Waals surface area contributed by atoms with E-state index in [0.29, 0.717) is 11.9 Å². The lowest BCUT2D eigenvalue weighted by Gasteiger charge is -2.44. The Labute approximate surface area is 81.3 Å². The van der Waals surface area contributed by atoms with Crippen LogP contribution in [0.1, 0.15) is 53.4 Å². The van der Waals surface area contributed by atoms with Crippen LogP contribution in [-0.4, -0.2) is 22.4 Å². The topological polar surface area (TPSA) is 20.3 Å². The van der Waals surface area contributed by atoms with Crippen molar-refractivity contribution < 1.29 is 4.79 Å². The summed E-state index contributed by atoms with van der Waals surface area (Å²) in [5, 5.41) is 0. The summed E-state index contributed by atoms with van der Waals surface area (Å²) < 4.78 is 0. The molecule has 1 amide bonds. The van der Waals surface area contributed by atoms with E-state index in [1.54, 1.807) is 0 Å². The van der Waals surface area contributed by atoms with E-state index in [1.165, 1.54) is 6.42 Å². The molecule has 76 valence electrons. The van der Waals surface area contributed by atoms with Crippen molar-refractivity contribution in [3.63, 3.8) is 0 Å². The lowest BCUT2D eigenvalue weighted by Crippen LogP contribution is -2.53. The van der Waals surface area contributed by atoms with Crippen LogP contribution in [0.4, 0.5) is 0 Å². The first kappa shape index (κ1) is 10.6. The highest BCUT2D eigenvalue weighted by Gasteiger charge is 2.34. The molecule has 1 aliphatic heterocycles. The van der Waals surface area contributed by atoms with Gasteiger partial charge in [-0.05, 0) is 40.0 Å². The van der Waals surface area contributed by atoms with Crippen molar-refractivity contribution in [2.24, 2.45) is 0 Å². The van der Waals surface area contributed by atoms with E-state index in [-0.39, 0.29) is 5.54 Å². The molecule has 2 nitrogen and oxygen atoms in total. The molecule has 0 unspecified atom stereocenters. The van der Waals surface area contributed by atoms with Gasteiger partial charge < -0.3 is 4.90 Å². The van der Waals surface area contributed by atoms with E-state index in [0.717, 1.165) is 19.3 Å². The van der Waals surface area contributed by atoms with E-state index in [4.69, 9.17) is 0 Å². The standard InChI is InChI=1S/C11H21NO/c1-5-9-7-6-8-10(13)12(9)11(2,3)4/h9H,5-8H2,1-4H3/t9-/m0/s1. The van der Waals surface area contributed by atoms with Crippen LogP contribution in [0, 0.1) is 0 Å². The van der Waals surface area contributed by atoms with E-state index in [9.17, 15) is 4.79 Å². The van der Waals surface area contributed by atoms with Crippen molar-refractivity contribution in [1.82, 2.24) is 4.90 Å². The largest absolute Gasteiger partial charge is 0.335 e. The molecule has 0 bridgehead atoms. The van der Waals surface area contributed by atoms with Crippen molar-refractivity contribution >= 4 is 5.91 Å². The Hall–Kier alpha value is -0.530. The van der Waals surface area contributed by atoms with Gasteiger partial charge in [0.05, 0.1) is 0 Å². The highest BCUT2D eigenvalue weighted by atomic mass is 16.2. The van der Waals surface area contributed by atoms with Crippen molar-refractivity contribution in [1.29, 1.82) is 0 Å². The average molecular weight is 183 g/mol. The monoisotopic (exact) mass is 183 g/mol. The summed E-state index contributed by atoms with van der Waals surface area (Å²) in [7, 11) is 0. The van der Waals surface area contributed by atoms with Gasteiger partial charge in [0, 0.05) is 18.0 Å². The van der Waals surface area contributed by atoms with E-state index in [1.807, 2.05) is 0 Å². The zero-order valence-electron chi connectivity index (χ0n) is 9.26. The SMILES string of the molecule is CC[C@H]1CCCC(=O)N1C(C)(C)C. The second-order valence-electron chi connectivity index (χ2n) is 4.89. The molecule has 0 spiro atoms. The molecule has 2 heteroatoms. The maximum atomic E-state index is 11.7. The normalized spacial score (nSPS) is 25.1. The van der Waals surface area contributed by atoms with Gasteiger partial charge in [-0.2, -0.15) is 0 Å². The van der Waals surface area contributed by atoms with Gasteiger partial charge in [-0.3, -0.25) is 4.79 Å². The van der Waals surface area contributed by atoms with Crippen molar-refractivity contribution in [3.05, 3.63) is 0 Å². The third kappa shape index (κ3) is 2.23. The fraction of sp³-hybridized carbons (Fsp3) is 0.909. The molecule has 1 rings (SSSR count). The van der Waals surface area contributed by atoms with E-state index >= 15 is 0 Å². The number of rotatable bonds is 1. The zero-order valence-corrected chi connectivity index (χ0v) is 9.26. The Bertz CT molecular complexity index is 193. The number of nitrogens with zero attached hydrogens (tertiary/aromatic N) is 1. The summed E-state index contributed by atoms with van der Waals surface area (Å²) in [5.74, 6) is 0.339. The number of hydrogen-bond donors (Lipinski definition) is 0. The molecule has 1 fully saturated rings. The van der Waals surface area contributed by atoms with Gasteiger partial charge in [0.2, 0.25) is 5.91 Å². The van der Waals surface area contributed by atoms with Crippen LogP contribution in [0.2, 0.25) is 0 Å². The van der Waals surface area contributed by atoms with Gasteiger partial charge in [0.25, 0.3) is 0 Å². The van der Waals surface area contributed by atoms with Crippen LogP contribution < -0.4 is 0 Å². The minimum absolute atomic E-state index is 0.00181. The first-order valence-corrected chi connectivity index (χ1v) is 5.29. The third-order valence-corrected chi connectivity index (χ3v) is 2.76. The summed E-state index contributed by atoms with van der Waals surface area (Å²) in [4.78, 5) is 13.8. The summed E-state index contributed by atoms with van der Waals surface area (Å²) in [5.41, 5.74) is -0.00181. The van der Waals surface area contributed by atoms with Gasteiger partial charge >= 0.3 is 0 Å². The first-order valence-electron chi connectivity index (χ1n) is 5.29. The third-order valence-electron chi connectivity index (χ3n) is 2.76. The number of carbonyl (C=O) groups excluding carboxylic acids is 1. The molecule has 1 atom stereocenters. The number of likely N-dealkylation sites (tertiary alicyclic amines) is 1. The van der Waals surface area contributed by atoms with Crippen LogP contribution in [0.3, 0.4) is 0 Å². The van der Waals surface area contributed by atoms with Crippen molar-refractivity contribution in [3.8, 4) is 0 Å². The van der Waals surface area contributed by atoms with Crippen LogP contribution in [0.25, 0.3) is 0 Å². The smallest absolute Gasteiger partial charge is 0.223 e. The molecular weight excluding hydrogens is 162 g/mol. The molecule has 0 aromatic heterocycles. The van der Waals surface area contributed by atoms with Crippen molar-refractivity contribution in [2.45, 2.75) is 65.0 Å². The Morgan fingerprint density at radius 3 is 2.46 bits per heavy atom. The maximum Gasteiger partial charge on any atom is 0.223 e. The van der Waals surface area contributed by atoms with E-state index < -0.39 is 0 Å². The highest BCUT2D eigenvalue weighted by Crippen LogP contribution is 2.27. The Balaban J connectivity index is 2.80. The van der Waals surface area contributed by atoms with Gasteiger partial charge in [0.15, 0.2) is 0 Å². The Morgan fingerprint density at radius 2 is 2.08 bits per heavy atom. The summed E-state index contributed by atoms with van der Waals surface area (Å²) in [6.45, 7) is 8.54. The van der Waals surface area contributed by atoms with Crippen LogP contribution >= 0.6 is 0 Å². The lowest BCUT2D eigenvalue weighted by atomic mass is 9.93.